The molecule has 2 aromatic heterocycles. The van der Waals surface area contributed by atoms with Crippen molar-refractivity contribution >= 4 is 17.5 Å². The van der Waals surface area contributed by atoms with Gasteiger partial charge in [0.15, 0.2) is 0 Å². The number of pyridine rings is 2. The molecule has 2 fully saturated rings. The molecule has 7 nitrogen and oxygen atoms in total. The van der Waals surface area contributed by atoms with Gasteiger partial charge in [-0.25, -0.2) is 4.98 Å². The van der Waals surface area contributed by atoms with Crippen molar-refractivity contribution in [2.24, 2.45) is 5.92 Å². The molecule has 4 rings (SSSR count). The van der Waals surface area contributed by atoms with Gasteiger partial charge in [-0.15, -0.1) is 0 Å². The second-order valence-electron chi connectivity index (χ2n) is 7.35. The van der Waals surface area contributed by atoms with Gasteiger partial charge in [0.1, 0.15) is 6.10 Å². The van der Waals surface area contributed by atoms with E-state index in [1.165, 1.54) is 0 Å². The molecule has 2 aliphatic rings. The Balaban J connectivity index is 1.25. The van der Waals surface area contributed by atoms with Gasteiger partial charge in [-0.2, -0.15) is 0 Å². The molecule has 1 aliphatic carbocycles. The number of ether oxygens (including phenoxy) is 1. The van der Waals surface area contributed by atoms with E-state index in [2.05, 4.69) is 15.3 Å². The summed E-state index contributed by atoms with van der Waals surface area (Å²) in [4.78, 5) is 34.6. The Bertz CT molecular complexity index is 813. The van der Waals surface area contributed by atoms with E-state index < -0.39 is 0 Å². The number of anilines is 1. The SMILES string of the molecule is O=C(Nc1ccc(OC2CCN(C(=O)c3cccnc3)CC2)nc1)C1CCC1. The smallest absolute Gasteiger partial charge is 0.255 e. The number of amides is 2. The van der Waals surface area contributed by atoms with E-state index in [0.717, 1.165) is 32.1 Å². The zero-order valence-corrected chi connectivity index (χ0v) is 15.7. The second kappa shape index (κ2) is 8.37. The molecule has 0 unspecified atom stereocenters. The van der Waals surface area contributed by atoms with E-state index >= 15 is 0 Å². The van der Waals surface area contributed by atoms with Gasteiger partial charge >= 0.3 is 0 Å². The molecule has 1 aliphatic heterocycles. The number of rotatable bonds is 5. The lowest BCUT2D eigenvalue weighted by molar-refractivity contribution is -0.122. The maximum absolute atomic E-state index is 12.5. The van der Waals surface area contributed by atoms with Gasteiger partial charge in [0.05, 0.1) is 17.4 Å². The Morgan fingerprint density at radius 2 is 1.89 bits per heavy atom. The number of piperidine rings is 1. The van der Waals surface area contributed by atoms with Gasteiger partial charge in [-0.05, 0) is 31.0 Å². The number of likely N-dealkylation sites (tertiary alicyclic amines) is 1. The quantitative estimate of drug-likeness (QED) is 0.862. The van der Waals surface area contributed by atoms with Crippen molar-refractivity contribution in [2.75, 3.05) is 18.4 Å². The highest BCUT2D eigenvalue weighted by atomic mass is 16.5. The molecule has 146 valence electrons. The first-order chi connectivity index (χ1) is 13.7. The molecule has 1 saturated heterocycles. The molecule has 1 N–H and O–H groups in total. The summed E-state index contributed by atoms with van der Waals surface area (Å²) in [6.07, 6.45) is 9.52. The molecule has 7 heteroatoms. The predicted molar refractivity (Wildman–Crippen MR) is 104 cm³/mol. The van der Waals surface area contributed by atoms with E-state index in [-0.39, 0.29) is 23.8 Å². The summed E-state index contributed by atoms with van der Waals surface area (Å²) in [7, 11) is 0. The molecule has 0 spiro atoms. The normalized spacial score (nSPS) is 17.6. The molecule has 2 aromatic rings. The first-order valence-corrected chi connectivity index (χ1v) is 9.82. The average Bonchev–Trinajstić information content (AvgIpc) is 2.69. The summed E-state index contributed by atoms with van der Waals surface area (Å²) in [5.41, 5.74) is 1.31. The average molecular weight is 380 g/mol. The summed E-state index contributed by atoms with van der Waals surface area (Å²) in [5, 5.41) is 2.90. The monoisotopic (exact) mass is 380 g/mol. The highest BCUT2D eigenvalue weighted by Gasteiger charge is 2.26. The van der Waals surface area contributed by atoms with Crippen LogP contribution in [0.4, 0.5) is 5.69 Å². The first-order valence-electron chi connectivity index (χ1n) is 9.82. The van der Waals surface area contributed by atoms with Crippen LogP contribution in [0.15, 0.2) is 42.9 Å². The van der Waals surface area contributed by atoms with Crippen LogP contribution < -0.4 is 10.1 Å². The van der Waals surface area contributed by atoms with Gasteiger partial charge < -0.3 is 15.0 Å². The molecule has 2 amide bonds. The van der Waals surface area contributed by atoms with Crippen molar-refractivity contribution in [3.05, 3.63) is 48.4 Å². The zero-order valence-electron chi connectivity index (χ0n) is 15.7. The predicted octanol–water partition coefficient (Wildman–Crippen LogP) is 2.90. The molecule has 0 bridgehead atoms. The number of carbonyl (C=O) groups is 2. The van der Waals surface area contributed by atoms with Gasteiger partial charge in [-0.3, -0.25) is 14.6 Å². The number of nitrogens with one attached hydrogen (secondary N) is 1. The van der Waals surface area contributed by atoms with Crippen molar-refractivity contribution in [3.63, 3.8) is 0 Å². The fourth-order valence-electron chi connectivity index (χ4n) is 3.46. The summed E-state index contributed by atoms with van der Waals surface area (Å²) in [5.74, 6) is 0.776. The minimum Gasteiger partial charge on any atom is -0.474 e. The fraction of sp³-hybridized carbons (Fsp3) is 0.429. The van der Waals surface area contributed by atoms with E-state index in [4.69, 9.17) is 4.74 Å². The Kier molecular flexibility index (Phi) is 5.50. The lowest BCUT2D eigenvalue weighted by Crippen LogP contribution is -2.41. The van der Waals surface area contributed by atoms with Crippen LogP contribution in [0.5, 0.6) is 5.88 Å². The maximum atomic E-state index is 12.5. The number of nitrogens with zero attached hydrogens (tertiary/aromatic N) is 3. The number of hydrogen-bond donors (Lipinski definition) is 1. The lowest BCUT2D eigenvalue weighted by atomic mass is 9.85. The summed E-state index contributed by atoms with van der Waals surface area (Å²) in [6, 6.07) is 7.16. The topological polar surface area (TPSA) is 84.4 Å². The van der Waals surface area contributed by atoms with Crippen molar-refractivity contribution in [2.45, 2.75) is 38.2 Å². The molecule has 0 atom stereocenters. The molecular weight excluding hydrogens is 356 g/mol. The third kappa shape index (κ3) is 4.30. The molecule has 28 heavy (non-hydrogen) atoms. The van der Waals surface area contributed by atoms with Crippen LogP contribution in [-0.2, 0) is 4.79 Å². The Labute approximate surface area is 164 Å². The van der Waals surface area contributed by atoms with Crippen molar-refractivity contribution in [1.29, 1.82) is 0 Å². The van der Waals surface area contributed by atoms with Crippen molar-refractivity contribution in [3.8, 4) is 5.88 Å². The molecular formula is C21H24N4O3. The Morgan fingerprint density at radius 3 is 2.50 bits per heavy atom. The standard InChI is InChI=1S/C21H24N4O3/c26-20(15-3-1-4-15)24-17-6-7-19(23-14-17)28-18-8-11-25(12-9-18)21(27)16-5-2-10-22-13-16/h2,5-7,10,13-15,18H,1,3-4,8-9,11-12H2,(H,24,26). The number of carbonyl (C=O) groups excluding carboxylic acids is 2. The van der Waals surface area contributed by atoms with Crippen LogP contribution in [-0.4, -0.2) is 45.9 Å². The van der Waals surface area contributed by atoms with Crippen molar-refractivity contribution < 1.29 is 14.3 Å². The highest BCUT2D eigenvalue weighted by molar-refractivity contribution is 5.94. The van der Waals surface area contributed by atoms with Gasteiger partial charge in [0.2, 0.25) is 11.8 Å². The van der Waals surface area contributed by atoms with Gasteiger partial charge in [0.25, 0.3) is 5.91 Å². The van der Waals surface area contributed by atoms with E-state index in [1.807, 2.05) is 11.0 Å². The molecule has 3 heterocycles. The van der Waals surface area contributed by atoms with Gasteiger partial charge in [-0.1, -0.05) is 6.42 Å². The maximum Gasteiger partial charge on any atom is 0.255 e. The minimum atomic E-state index is 0.0104. The van der Waals surface area contributed by atoms with Crippen LogP contribution in [0.2, 0.25) is 0 Å². The van der Waals surface area contributed by atoms with Crippen LogP contribution in [0, 0.1) is 5.92 Å². The zero-order chi connectivity index (χ0) is 19.3. The van der Waals surface area contributed by atoms with Crippen LogP contribution in [0.3, 0.4) is 0 Å². The molecule has 0 radical (unpaired) electrons. The highest BCUT2D eigenvalue weighted by Crippen LogP contribution is 2.27. The van der Waals surface area contributed by atoms with Crippen LogP contribution in [0.1, 0.15) is 42.5 Å². The third-order valence-electron chi connectivity index (χ3n) is 5.40. The van der Waals surface area contributed by atoms with Crippen LogP contribution in [0.25, 0.3) is 0 Å². The Morgan fingerprint density at radius 1 is 1.07 bits per heavy atom. The summed E-state index contributed by atoms with van der Waals surface area (Å²) < 4.78 is 5.95. The number of aromatic nitrogens is 2. The minimum absolute atomic E-state index is 0.0104. The van der Waals surface area contributed by atoms with E-state index in [1.54, 1.807) is 36.8 Å². The summed E-state index contributed by atoms with van der Waals surface area (Å²) in [6.45, 7) is 1.29. The number of hydrogen-bond acceptors (Lipinski definition) is 5. The molecule has 1 saturated carbocycles. The molecule has 0 aromatic carbocycles. The van der Waals surface area contributed by atoms with Crippen LogP contribution >= 0.6 is 0 Å². The van der Waals surface area contributed by atoms with E-state index in [0.29, 0.717) is 30.2 Å². The van der Waals surface area contributed by atoms with Crippen molar-refractivity contribution in [1.82, 2.24) is 14.9 Å². The third-order valence-corrected chi connectivity index (χ3v) is 5.40. The van der Waals surface area contributed by atoms with E-state index in [9.17, 15) is 9.59 Å². The first kappa shape index (κ1) is 18.4. The summed E-state index contributed by atoms with van der Waals surface area (Å²) >= 11 is 0. The second-order valence-corrected chi connectivity index (χ2v) is 7.35. The largest absolute Gasteiger partial charge is 0.474 e. The van der Waals surface area contributed by atoms with Gasteiger partial charge in [0, 0.05) is 50.3 Å². The lowest BCUT2D eigenvalue weighted by Gasteiger charge is -2.32. The fourth-order valence-corrected chi connectivity index (χ4v) is 3.46. The Hall–Kier alpha value is -2.96.